The van der Waals surface area contributed by atoms with Gasteiger partial charge in [-0.3, -0.25) is 9.48 Å². The highest BCUT2D eigenvalue weighted by Crippen LogP contribution is 2.12. The number of aromatic nitrogens is 4. The summed E-state index contributed by atoms with van der Waals surface area (Å²) in [6.45, 7) is 3.75. The minimum atomic E-state index is -1.32. The van der Waals surface area contributed by atoms with Gasteiger partial charge in [-0.25, -0.2) is 9.48 Å². The van der Waals surface area contributed by atoms with Gasteiger partial charge in [-0.15, -0.1) is 0 Å². The number of nitrogens with zero attached hydrogens (tertiary/aromatic N) is 4. The van der Waals surface area contributed by atoms with Crippen molar-refractivity contribution in [2.24, 2.45) is 7.05 Å². The topological polar surface area (TPSA) is 90.0 Å². The molecule has 106 valence electrons. The molecular weight excluding hydrogens is 260 g/mol. The van der Waals surface area contributed by atoms with Crippen molar-refractivity contribution in [3.63, 3.8) is 0 Å². The maximum atomic E-state index is 11.9. The van der Waals surface area contributed by atoms with Crippen LogP contribution in [0.2, 0.25) is 0 Å². The van der Waals surface area contributed by atoms with Gasteiger partial charge in [-0.05, 0) is 12.8 Å². The first-order valence-corrected chi connectivity index (χ1v) is 6.36. The summed E-state index contributed by atoms with van der Waals surface area (Å²) in [4.78, 5) is 23.0. The second-order valence-corrected chi connectivity index (χ2v) is 4.42. The Morgan fingerprint density at radius 2 is 1.95 bits per heavy atom. The Bertz CT molecular complexity index is 715. The molecule has 1 N–H and O–H groups in total. The molecule has 0 bridgehead atoms. The molecule has 0 aliphatic carbocycles. The quantitative estimate of drug-likeness (QED) is 0.891. The van der Waals surface area contributed by atoms with Crippen LogP contribution in [0, 0.1) is 0 Å². The molecule has 7 nitrogen and oxygen atoms in total. The Hall–Kier alpha value is -2.44. The number of hydrogen-bond donors (Lipinski definition) is 1. The Balaban J connectivity index is 2.71. The average Bonchev–Trinajstić information content (AvgIpc) is 2.80. The first-order chi connectivity index (χ1) is 9.47. The number of rotatable bonds is 4. The van der Waals surface area contributed by atoms with Crippen molar-refractivity contribution in [1.29, 1.82) is 0 Å². The molecule has 0 spiro atoms. The van der Waals surface area contributed by atoms with Crippen LogP contribution < -0.4 is 5.43 Å². The van der Waals surface area contributed by atoms with Gasteiger partial charge >= 0.3 is 5.97 Å². The summed E-state index contributed by atoms with van der Waals surface area (Å²) < 4.78 is 3.07. The summed E-state index contributed by atoms with van der Waals surface area (Å²) in [5.74, 6) is -1.32. The Morgan fingerprint density at radius 3 is 2.50 bits per heavy atom. The van der Waals surface area contributed by atoms with E-state index in [-0.39, 0.29) is 0 Å². The highest BCUT2D eigenvalue weighted by atomic mass is 16.4. The molecule has 0 unspecified atom stereocenters. The van der Waals surface area contributed by atoms with E-state index in [1.807, 2.05) is 6.92 Å². The largest absolute Gasteiger partial charge is 0.476 e. The van der Waals surface area contributed by atoms with Crippen LogP contribution in [0.4, 0.5) is 0 Å². The minimum Gasteiger partial charge on any atom is -0.476 e. The van der Waals surface area contributed by atoms with Gasteiger partial charge < -0.3 is 5.11 Å². The number of hydrogen-bond acceptors (Lipinski definition) is 4. The van der Waals surface area contributed by atoms with E-state index in [9.17, 15) is 9.59 Å². The molecule has 2 aromatic rings. The van der Waals surface area contributed by atoms with E-state index >= 15 is 0 Å². The van der Waals surface area contributed by atoms with Crippen LogP contribution >= 0.6 is 0 Å². The molecule has 0 saturated carbocycles. The van der Waals surface area contributed by atoms with Crippen LogP contribution in [0.5, 0.6) is 0 Å². The Kier molecular flexibility index (Phi) is 3.69. The predicted molar refractivity (Wildman–Crippen MR) is 72.3 cm³/mol. The van der Waals surface area contributed by atoms with E-state index in [1.54, 1.807) is 31.0 Å². The van der Waals surface area contributed by atoms with Crippen LogP contribution in [-0.4, -0.2) is 30.6 Å². The van der Waals surface area contributed by atoms with E-state index in [0.29, 0.717) is 24.1 Å². The van der Waals surface area contributed by atoms with E-state index in [4.69, 9.17) is 5.11 Å². The fourth-order valence-electron chi connectivity index (χ4n) is 2.02. The predicted octanol–water partition coefficient (Wildman–Crippen LogP) is 0.789. The zero-order valence-corrected chi connectivity index (χ0v) is 11.6. The molecule has 0 atom stereocenters. The fourth-order valence-corrected chi connectivity index (χ4v) is 2.02. The van der Waals surface area contributed by atoms with E-state index in [2.05, 4.69) is 10.2 Å². The van der Waals surface area contributed by atoms with Gasteiger partial charge in [0.1, 0.15) is 5.69 Å². The molecule has 0 saturated heterocycles. The lowest BCUT2D eigenvalue weighted by Crippen LogP contribution is -2.24. The van der Waals surface area contributed by atoms with Gasteiger partial charge in [0.15, 0.2) is 0 Å². The van der Waals surface area contributed by atoms with Crippen molar-refractivity contribution in [3.05, 3.63) is 39.6 Å². The summed E-state index contributed by atoms with van der Waals surface area (Å²) in [6.07, 6.45) is 4.46. The maximum absolute atomic E-state index is 11.9. The molecule has 20 heavy (non-hydrogen) atoms. The number of aryl methyl sites for hydroxylation is 3. The van der Waals surface area contributed by atoms with Gasteiger partial charge in [0.05, 0.1) is 11.9 Å². The molecule has 0 amide bonds. The van der Waals surface area contributed by atoms with Crippen LogP contribution in [0.1, 0.15) is 35.6 Å². The first kappa shape index (κ1) is 14.0. The number of aromatic carboxylic acids is 1. The third kappa shape index (κ3) is 2.34. The maximum Gasteiger partial charge on any atom is 0.360 e. The lowest BCUT2D eigenvalue weighted by molar-refractivity contribution is 0.0686. The van der Waals surface area contributed by atoms with Crippen molar-refractivity contribution < 1.29 is 9.90 Å². The van der Waals surface area contributed by atoms with E-state index < -0.39 is 17.1 Å². The molecule has 0 aliphatic heterocycles. The van der Waals surface area contributed by atoms with Crippen molar-refractivity contribution >= 4 is 5.97 Å². The summed E-state index contributed by atoms with van der Waals surface area (Å²) >= 11 is 0. The van der Waals surface area contributed by atoms with E-state index in [1.165, 1.54) is 4.68 Å². The third-order valence-electron chi connectivity index (χ3n) is 3.04. The molecule has 0 aromatic carbocycles. The Morgan fingerprint density at radius 1 is 1.25 bits per heavy atom. The smallest absolute Gasteiger partial charge is 0.360 e. The normalized spacial score (nSPS) is 10.8. The highest BCUT2D eigenvalue weighted by molar-refractivity contribution is 5.85. The molecule has 0 fully saturated rings. The standard InChI is InChI=1S/C13H16N4O3/c1-4-8-6-17(15-11(12(8)18)13(19)20)10-7-16(3)14-9(10)5-2/h6-7H,4-5H2,1-3H3,(H,19,20). The third-order valence-corrected chi connectivity index (χ3v) is 3.04. The van der Waals surface area contributed by atoms with Crippen molar-refractivity contribution in [3.8, 4) is 5.69 Å². The minimum absolute atomic E-state index is 0.420. The zero-order chi connectivity index (χ0) is 14.9. The molecule has 2 rings (SSSR count). The van der Waals surface area contributed by atoms with Crippen LogP contribution in [-0.2, 0) is 19.9 Å². The summed E-state index contributed by atoms with van der Waals surface area (Å²) in [7, 11) is 1.78. The fraction of sp³-hybridized carbons (Fsp3) is 0.385. The van der Waals surface area contributed by atoms with Gasteiger partial charge in [-0.1, -0.05) is 13.8 Å². The van der Waals surface area contributed by atoms with Gasteiger partial charge in [-0.2, -0.15) is 10.2 Å². The summed E-state index contributed by atoms with van der Waals surface area (Å²) in [6, 6.07) is 0. The van der Waals surface area contributed by atoms with E-state index in [0.717, 1.165) is 5.69 Å². The molecule has 0 aliphatic rings. The molecule has 2 heterocycles. The van der Waals surface area contributed by atoms with Crippen LogP contribution in [0.25, 0.3) is 5.69 Å². The van der Waals surface area contributed by atoms with Crippen molar-refractivity contribution in [2.75, 3.05) is 0 Å². The van der Waals surface area contributed by atoms with Crippen molar-refractivity contribution in [1.82, 2.24) is 19.6 Å². The Labute approximate surface area is 115 Å². The van der Waals surface area contributed by atoms with Crippen LogP contribution in [0.15, 0.2) is 17.2 Å². The monoisotopic (exact) mass is 276 g/mol. The van der Waals surface area contributed by atoms with Gasteiger partial charge in [0.25, 0.3) is 0 Å². The second kappa shape index (κ2) is 5.28. The molecular formula is C13H16N4O3. The van der Waals surface area contributed by atoms with Gasteiger partial charge in [0.2, 0.25) is 11.1 Å². The second-order valence-electron chi connectivity index (χ2n) is 4.42. The first-order valence-electron chi connectivity index (χ1n) is 6.36. The molecule has 7 heteroatoms. The van der Waals surface area contributed by atoms with Crippen molar-refractivity contribution in [2.45, 2.75) is 26.7 Å². The summed E-state index contributed by atoms with van der Waals surface area (Å²) in [5.41, 5.74) is 0.908. The molecule has 2 aromatic heterocycles. The number of carboxylic acid groups (broad SMARTS) is 1. The average molecular weight is 276 g/mol. The lowest BCUT2D eigenvalue weighted by Gasteiger charge is -2.07. The highest BCUT2D eigenvalue weighted by Gasteiger charge is 2.17. The zero-order valence-electron chi connectivity index (χ0n) is 11.6. The number of carboxylic acids is 1. The van der Waals surface area contributed by atoms with Crippen LogP contribution in [0.3, 0.4) is 0 Å². The summed E-state index contributed by atoms with van der Waals surface area (Å²) in [5, 5.41) is 17.3. The number of carbonyl (C=O) groups is 1. The van der Waals surface area contributed by atoms with Gasteiger partial charge in [0, 0.05) is 18.8 Å². The SMILES string of the molecule is CCc1nn(C)cc1-n1cc(CC)c(=O)c(C(=O)O)n1. The molecule has 0 radical (unpaired) electrons. The lowest BCUT2D eigenvalue weighted by atomic mass is 10.2.